The molecule has 1 atom stereocenters. The van der Waals surface area contributed by atoms with Crippen molar-refractivity contribution in [1.82, 2.24) is 4.98 Å². The van der Waals surface area contributed by atoms with Gasteiger partial charge in [-0.2, -0.15) is 13.7 Å². The number of nitriles is 1. The van der Waals surface area contributed by atoms with E-state index >= 15 is 0 Å². The van der Waals surface area contributed by atoms with Crippen LogP contribution in [0.5, 0.6) is 0 Å². The second-order valence-electron chi connectivity index (χ2n) is 3.82. The zero-order valence-electron chi connectivity index (χ0n) is 9.08. The third-order valence-electron chi connectivity index (χ3n) is 2.64. The lowest BCUT2D eigenvalue weighted by atomic mass is 10.3. The number of carbonyl (C=O) groups excluding carboxylic acids is 1. The van der Waals surface area contributed by atoms with Gasteiger partial charge in [-0.3, -0.25) is 9.69 Å². The molecule has 1 unspecified atom stereocenters. The number of amides is 1. The number of halogens is 1. The van der Waals surface area contributed by atoms with E-state index in [4.69, 9.17) is 5.26 Å². The van der Waals surface area contributed by atoms with Crippen molar-refractivity contribution >= 4 is 21.9 Å². The number of rotatable bonds is 2. The van der Waals surface area contributed by atoms with Crippen LogP contribution in [0.25, 0.3) is 0 Å². The van der Waals surface area contributed by atoms with Crippen LogP contribution in [0.15, 0.2) is 18.3 Å². The Labute approximate surface area is 103 Å². The summed E-state index contributed by atoms with van der Waals surface area (Å²) in [6, 6.07) is 4.68. The molecule has 0 aromatic carbocycles. The second kappa shape index (κ2) is 4.34. The van der Waals surface area contributed by atoms with Crippen LogP contribution in [0.1, 0.15) is 12.0 Å². The van der Waals surface area contributed by atoms with Gasteiger partial charge in [0.25, 0.3) is 0 Å². The summed E-state index contributed by atoms with van der Waals surface area (Å²) in [7, 11) is -4.75. The average molecular weight is 269 g/mol. The Bertz CT molecular complexity index is 638. The maximum atomic E-state index is 12.8. The van der Waals surface area contributed by atoms with Crippen molar-refractivity contribution in [2.75, 3.05) is 11.4 Å². The first-order valence-electron chi connectivity index (χ1n) is 5.02. The van der Waals surface area contributed by atoms with Crippen LogP contribution in [0.2, 0.25) is 0 Å². The van der Waals surface area contributed by atoms with Crippen molar-refractivity contribution in [3.05, 3.63) is 23.9 Å². The lowest BCUT2D eigenvalue weighted by Crippen LogP contribution is -2.27. The Hall–Kier alpha value is -2.01. The van der Waals surface area contributed by atoms with Crippen LogP contribution >= 0.6 is 0 Å². The van der Waals surface area contributed by atoms with Gasteiger partial charge >= 0.3 is 10.2 Å². The maximum Gasteiger partial charge on any atom is 0.307 e. The van der Waals surface area contributed by atoms with E-state index in [2.05, 4.69) is 4.98 Å². The minimum Gasteiger partial charge on any atom is -0.295 e. The van der Waals surface area contributed by atoms with Crippen LogP contribution in [-0.2, 0) is 15.0 Å². The lowest BCUT2D eigenvalue weighted by molar-refractivity contribution is -0.117. The molecule has 1 amide bonds. The van der Waals surface area contributed by atoms with E-state index < -0.39 is 27.8 Å². The number of aromatic nitrogens is 1. The fourth-order valence-electron chi connectivity index (χ4n) is 1.72. The monoisotopic (exact) mass is 269 g/mol. The molecule has 0 N–H and O–H groups in total. The molecule has 1 aliphatic heterocycles. The molecule has 0 radical (unpaired) electrons. The Balaban J connectivity index is 2.30. The fraction of sp³-hybridized carbons (Fsp3) is 0.300. The van der Waals surface area contributed by atoms with Crippen LogP contribution in [0, 0.1) is 11.3 Å². The second-order valence-corrected chi connectivity index (χ2v) is 5.44. The van der Waals surface area contributed by atoms with Gasteiger partial charge in [0.15, 0.2) is 0 Å². The summed E-state index contributed by atoms with van der Waals surface area (Å²) in [5, 5.41) is 7.35. The highest BCUT2D eigenvalue weighted by Crippen LogP contribution is 2.24. The van der Waals surface area contributed by atoms with Crippen LogP contribution < -0.4 is 4.90 Å². The number of nitrogens with zero attached hydrogens (tertiary/aromatic N) is 3. The van der Waals surface area contributed by atoms with E-state index in [9.17, 15) is 17.1 Å². The molecule has 0 saturated carbocycles. The molecular formula is C10H8FN3O3S. The van der Waals surface area contributed by atoms with Crippen molar-refractivity contribution in [1.29, 1.82) is 5.26 Å². The minimum absolute atomic E-state index is 0.158. The summed E-state index contributed by atoms with van der Waals surface area (Å²) < 4.78 is 34.3. The first-order valence-corrected chi connectivity index (χ1v) is 6.46. The SMILES string of the molecule is N#Cc1ccnc(N2CC(S(=O)(=O)F)CC2=O)c1. The predicted octanol–water partition coefficient (Wildman–Crippen LogP) is 0.358. The molecule has 1 aromatic rings. The molecule has 2 heterocycles. The highest BCUT2D eigenvalue weighted by atomic mass is 32.3. The Kier molecular flexibility index (Phi) is 3.00. The van der Waals surface area contributed by atoms with Crippen molar-refractivity contribution in [2.45, 2.75) is 11.7 Å². The van der Waals surface area contributed by atoms with Gasteiger partial charge in [0.05, 0.1) is 11.6 Å². The fourth-order valence-corrected chi connectivity index (χ4v) is 2.39. The van der Waals surface area contributed by atoms with E-state index in [-0.39, 0.29) is 12.4 Å². The first kappa shape index (κ1) is 12.4. The normalized spacial score (nSPS) is 19.9. The Morgan fingerprint density at radius 2 is 2.28 bits per heavy atom. The van der Waals surface area contributed by atoms with Crippen molar-refractivity contribution < 1.29 is 17.1 Å². The van der Waals surface area contributed by atoms with E-state index in [1.54, 1.807) is 0 Å². The summed E-state index contributed by atoms with van der Waals surface area (Å²) in [6.07, 6.45) is 0.926. The predicted molar refractivity (Wildman–Crippen MR) is 59.7 cm³/mol. The van der Waals surface area contributed by atoms with Crippen LogP contribution in [-0.4, -0.2) is 31.1 Å². The Morgan fingerprint density at radius 1 is 1.56 bits per heavy atom. The van der Waals surface area contributed by atoms with Crippen molar-refractivity contribution in [2.24, 2.45) is 0 Å². The van der Waals surface area contributed by atoms with Gasteiger partial charge in [-0.15, -0.1) is 3.89 Å². The molecule has 1 aromatic heterocycles. The third kappa shape index (κ3) is 2.31. The van der Waals surface area contributed by atoms with Gasteiger partial charge in [-0.1, -0.05) is 0 Å². The highest BCUT2D eigenvalue weighted by molar-refractivity contribution is 7.87. The van der Waals surface area contributed by atoms with Gasteiger partial charge in [-0.05, 0) is 12.1 Å². The first-order chi connectivity index (χ1) is 8.41. The summed E-state index contributed by atoms with van der Waals surface area (Å²) in [6.45, 7) is -0.278. The molecule has 0 aliphatic carbocycles. The molecule has 0 bridgehead atoms. The average Bonchev–Trinajstić information content (AvgIpc) is 2.71. The maximum absolute atomic E-state index is 12.8. The quantitative estimate of drug-likeness (QED) is 0.723. The van der Waals surface area contributed by atoms with Crippen molar-refractivity contribution in [3.8, 4) is 6.07 Å². The van der Waals surface area contributed by atoms with Gasteiger partial charge in [0, 0.05) is 19.2 Å². The molecule has 1 saturated heterocycles. The molecular weight excluding hydrogens is 261 g/mol. The smallest absolute Gasteiger partial charge is 0.295 e. The molecule has 1 aliphatic rings. The zero-order valence-corrected chi connectivity index (χ0v) is 9.89. The Morgan fingerprint density at radius 3 is 2.83 bits per heavy atom. The van der Waals surface area contributed by atoms with E-state index in [1.807, 2.05) is 6.07 Å². The van der Waals surface area contributed by atoms with E-state index in [0.717, 1.165) is 4.90 Å². The summed E-state index contributed by atoms with van der Waals surface area (Å²) in [5.74, 6) is -0.367. The summed E-state index contributed by atoms with van der Waals surface area (Å²) >= 11 is 0. The third-order valence-corrected chi connectivity index (χ3v) is 3.75. The van der Waals surface area contributed by atoms with Crippen LogP contribution in [0.4, 0.5) is 9.70 Å². The van der Waals surface area contributed by atoms with E-state index in [0.29, 0.717) is 5.56 Å². The molecule has 94 valence electrons. The number of hydrogen-bond acceptors (Lipinski definition) is 5. The van der Waals surface area contributed by atoms with Gasteiger partial charge in [0.1, 0.15) is 11.1 Å². The molecule has 8 heteroatoms. The molecule has 1 fully saturated rings. The zero-order chi connectivity index (χ0) is 13.3. The molecule has 2 rings (SSSR count). The van der Waals surface area contributed by atoms with Gasteiger partial charge in [0.2, 0.25) is 5.91 Å². The number of carbonyl (C=O) groups is 1. The highest BCUT2D eigenvalue weighted by Gasteiger charge is 2.39. The largest absolute Gasteiger partial charge is 0.307 e. The molecule has 6 nitrogen and oxygen atoms in total. The number of hydrogen-bond donors (Lipinski definition) is 0. The summed E-state index contributed by atoms with van der Waals surface area (Å²) in [5.41, 5.74) is 0.291. The summed E-state index contributed by atoms with van der Waals surface area (Å²) in [4.78, 5) is 16.5. The van der Waals surface area contributed by atoms with Crippen molar-refractivity contribution in [3.63, 3.8) is 0 Å². The van der Waals surface area contributed by atoms with Gasteiger partial charge in [-0.25, -0.2) is 4.98 Å². The van der Waals surface area contributed by atoms with Crippen LogP contribution in [0.3, 0.4) is 0 Å². The standard InChI is InChI=1S/C10H8FN3O3S/c11-18(16,17)8-4-10(15)14(6-8)9-3-7(5-12)1-2-13-9/h1-3,8H,4,6H2. The number of anilines is 1. The van der Waals surface area contributed by atoms with Gasteiger partial charge < -0.3 is 0 Å². The topological polar surface area (TPSA) is 91.1 Å². The van der Waals surface area contributed by atoms with E-state index in [1.165, 1.54) is 18.3 Å². The lowest BCUT2D eigenvalue weighted by Gasteiger charge is -2.14. The molecule has 18 heavy (non-hydrogen) atoms. The molecule has 0 spiro atoms. The number of pyridine rings is 1. The minimum atomic E-state index is -4.75.